The van der Waals surface area contributed by atoms with Crippen molar-refractivity contribution in [3.63, 3.8) is 0 Å². The van der Waals surface area contributed by atoms with Crippen LogP contribution < -0.4 is 67.4 Å². The molecule has 5 rings (SSSR count). The maximum absolute atomic E-state index is 15.7. The van der Waals surface area contributed by atoms with Crippen molar-refractivity contribution in [2.24, 2.45) is 0 Å². The summed E-state index contributed by atoms with van der Waals surface area (Å²) in [6.07, 6.45) is 1.32. The van der Waals surface area contributed by atoms with Gasteiger partial charge < -0.3 is 11.3 Å². The van der Waals surface area contributed by atoms with Crippen molar-refractivity contribution < 1.29 is 71.6 Å². The van der Waals surface area contributed by atoms with Crippen LogP contribution in [-0.2, 0) is 13.0 Å². The summed E-state index contributed by atoms with van der Waals surface area (Å²) in [6.45, 7) is 7.22. The number of aromatic nitrogens is 4. The number of halogens is 1. The van der Waals surface area contributed by atoms with Gasteiger partial charge in [0.1, 0.15) is 23.0 Å². The van der Waals surface area contributed by atoms with E-state index in [1.54, 1.807) is 75.4 Å². The Morgan fingerprint density at radius 2 is 1.73 bits per heavy atom. The molecule has 9 nitrogen and oxygen atoms in total. The summed E-state index contributed by atoms with van der Waals surface area (Å²) in [4.78, 5) is 32.8. The molecule has 11 heteroatoms. The molecule has 44 heavy (non-hydrogen) atoms. The molecule has 2 heterocycles. The van der Waals surface area contributed by atoms with E-state index < -0.39 is 17.2 Å². The molecule has 5 aromatic rings. The van der Waals surface area contributed by atoms with E-state index in [9.17, 15) is 14.7 Å². The molecule has 2 N–H and O–H groups in total. The molecule has 0 aliphatic heterocycles. The predicted octanol–water partition coefficient (Wildman–Crippen LogP) is 2.64. The molecule has 2 aromatic heterocycles. The minimum Gasteiger partial charge on any atom is -1.00 e. The maximum atomic E-state index is 15.7. The SMILES string of the molecule is CCCc1nc(C)c(-c2ccc(OC(C)(C)CO)cc2)c(=O)n1Cc1ccc(-c2ccccc2-c2noc(=O)[nH]2)cc1F.[H-].[K+]. The Hall–Kier alpha value is -3.19. The third kappa shape index (κ3) is 7.36. The van der Waals surface area contributed by atoms with Crippen LogP contribution >= 0.6 is 0 Å². The van der Waals surface area contributed by atoms with Crippen molar-refractivity contribution in [1.82, 2.24) is 19.7 Å². The molecular weight excluding hydrogens is 590 g/mol. The fraction of sp³-hybridized carbons (Fsp3) is 0.273. The minimum absolute atomic E-state index is 0. The summed E-state index contributed by atoms with van der Waals surface area (Å²) in [5.74, 6) is 0.235. The Labute approximate surface area is 298 Å². The summed E-state index contributed by atoms with van der Waals surface area (Å²) in [5, 5.41) is 13.3. The number of nitrogens with one attached hydrogen (secondary N) is 1. The van der Waals surface area contributed by atoms with Gasteiger partial charge in [0.05, 0.1) is 24.4 Å². The molecule has 0 radical (unpaired) electrons. The normalized spacial score (nSPS) is 11.3. The topological polar surface area (TPSA) is 123 Å². The predicted molar refractivity (Wildman–Crippen MR) is 163 cm³/mol. The van der Waals surface area contributed by atoms with Crippen molar-refractivity contribution in [3.05, 3.63) is 111 Å². The smallest absolute Gasteiger partial charge is 1.00 e. The number of aliphatic hydroxyl groups excluding tert-OH is 1. The van der Waals surface area contributed by atoms with Crippen molar-refractivity contribution in [1.29, 1.82) is 0 Å². The number of nitrogens with zero attached hydrogens (tertiary/aromatic N) is 3. The second-order valence-electron chi connectivity index (χ2n) is 11.0. The Kier molecular flexibility index (Phi) is 10.9. The molecule has 0 fully saturated rings. The van der Waals surface area contributed by atoms with Gasteiger partial charge in [0.25, 0.3) is 5.56 Å². The van der Waals surface area contributed by atoms with Gasteiger partial charge in [-0.15, -0.1) is 0 Å². The summed E-state index contributed by atoms with van der Waals surface area (Å²) >= 11 is 0. The van der Waals surface area contributed by atoms with Crippen LogP contribution in [-0.4, -0.2) is 37.0 Å². The fourth-order valence-electron chi connectivity index (χ4n) is 4.97. The van der Waals surface area contributed by atoms with E-state index >= 15 is 4.39 Å². The maximum Gasteiger partial charge on any atom is 1.00 e. The Morgan fingerprint density at radius 3 is 2.34 bits per heavy atom. The number of hydrogen-bond donors (Lipinski definition) is 2. The van der Waals surface area contributed by atoms with Crippen LogP contribution in [0.1, 0.15) is 45.7 Å². The largest absolute Gasteiger partial charge is 1.00 e. The average Bonchev–Trinajstić information content (AvgIpc) is 3.42. The number of aromatic amines is 1. The van der Waals surface area contributed by atoms with Gasteiger partial charge in [0.2, 0.25) is 0 Å². The van der Waals surface area contributed by atoms with Gasteiger partial charge >= 0.3 is 57.1 Å². The van der Waals surface area contributed by atoms with Crippen LogP contribution in [0.2, 0.25) is 0 Å². The molecule has 0 saturated heterocycles. The molecule has 0 unspecified atom stereocenters. The molecule has 3 aromatic carbocycles. The van der Waals surface area contributed by atoms with Gasteiger partial charge in [-0.05, 0) is 62.1 Å². The molecule has 0 spiro atoms. The van der Waals surface area contributed by atoms with Crippen LogP contribution in [0.15, 0.2) is 80.8 Å². The number of aliphatic hydroxyl groups is 1. The van der Waals surface area contributed by atoms with Crippen LogP contribution in [0.5, 0.6) is 5.75 Å². The summed E-state index contributed by atoms with van der Waals surface area (Å²) < 4.78 is 27.7. The number of benzene rings is 3. The summed E-state index contributed by atoms with van der Waals surface area (Å²) in [6, 6.07) is 19.1. The molecule has 224 valence electrons. The zero-order valence-electron chi connectivity index (χ0n) is 26.5. The summed E-state index contributed by atoms with van der Waals surface area (Å²) in [5.41, 5.74) is 2.85. The quantitative estimate of drug-likeness (QED) is 0.229. The van der Waals surface area contributed by atoms with Gasteiger partial charge in [-0.25, -0.2) is 14.2 Å². The van der Waals surface area contributed by atoms with Gasteiger partial charge in [0.15, 0.2) is 5.82 Å². The van der Waals surface area contributed by atoms with Crippen LogP contribution in [0.4, 0.5) is 4.39 Å². The zero-order valence-corrected chi connectivity index (χ0v) is 28.6. The zero-order chi connectivity index (χ0) is 30.7. The third-order valence-electron chi connectivity index (χ3n) is 7.14. The van der Waals surface area contributed by atoms with Gasteiger partial charge in [-0.1, -0.05) is 60.6 Å². The molecule has 0 atom stereocenters. The number of H-pyrrole nitrogens is 1. The third-order valence-corrected chi connectivity index (χ3v) is 7.14. The standard InChI is InChI=1S/C33H33FN4O5.K.H/c1-5-8-28-35-20(2)29(21-13-15-24(16-14-21)42-33(3,4)19-39)31(40)38(28)18-23-12-11-22(17-27(23)34)25-9-6-7-10-26(25)30-36-32(41)43-37-30;;/h6-7,9-17,39H,5,8,18-19H2,1-4H3,(H,36,37,41);;/q;+1;-1. The molecule has 0 aliphatic carbocycles. The van der Waals surface area contributed by atoms with E-state index in [1.807, 2.05) is 13.0 Å². The van der Waals surface area contributed by atoms with E-state index in [2.05, 4.69) is 14.7 Å². The molecule has 0 aliphatic rings. The number of ether oxygens (including phenoxy) is 1. The van der Waals surface area contributed by atoms with Crippen molar-refractivity contribution >= 4 is 0 Å². The van der Waals surface area contributed by atoms with Crippen molar-refractivity contribution in [2.45, 2.75) is 52.7 Å². The fourth-order valence-corrected chi connectivity index (χ4v) is 4.97. The van der Waals surface area contributed by atoms with Crippen LogP contribution in [0, 0.1) is 12.7 Å². The van der Waals surface area contributed by atoms with Crippen molar-refractivity contribution in [2.75, 3.05) is 6.61 Å². The monoisotopic (exact) mass is 624 g/mol. The first-order valence-electron chi connectivity index (χ1n) is 14.0. The molecule has 0 saturated carbocycles. The van der Waals surface area contributed by atoms with Gasteiger partial charge in [-0.3, -0.25) is 18.9 Å². The Balaban J connectivity index is 0.00000276. The van der Waals surface area contributed by atoms with Gasteiger partial charge in [0, 0.05) is 17.5 Å². The number of hydrogen-bond acceptors (Lipinski definition) is 7. The van der Waals surface area contributed by atoms with E-state index in [-0.39, 0.29) is 77.3 Å². The van der Waals surface area contributed by atoms with Crippen molar-refractivity contribution in [3.8, 4) is 39.4 Å². The second-order valence-corrected chi connectivity index (χ2v) is 11.0. The van der Waals surface area contributed by atoms with E-state index in [4.69, 9.17) is 9.72 Å². The van der Waals surface area contributed by atoms with E-state index in [0.29, 0.717) is 57.1 Å². The number of aryl methyl sites for hydroxylation is 2. The van der Waals surface area contributed by atoms with Crippen LogP contribution in [0.25, 0.3) is 33.6 Å². The summed E-state index contributed by atoms with van der Waals surface area (Å²) in [7, 11) is 0. The second kappa shape index (κ2) is 14.3. The van der Waals surface area contributed by atoms with E-state index in [1.165, 1.54) is 10.6 Å². The molecular formula is C33H34FKN4O5. The minimum atomic E-state index is -0.746. The Bertz CT molecular complexity index is 1890. The first-order valence-corrected chi connectivity index (χ1v) is 14.0. The average molecular weight is 625 g/mol. The first kappa shape index (κ1) is 33.7. The molecule has 0 bridgehead atoms. The van der Waals surface area contributed by atoms with E-state index in [0.717, 1.165) is 6.42 Å². The molecule has 0 amide bonds. The number of rotatable bonds is 10. The van der Waals surface area contributed by atoms with Crippen LogP contribution in [0.3, 0.4) is 0 Å². The van der Waals surface area contributed by atoms with Gasteiger partial charge in [-0.2, -0.15) is 0 Å². The Morgan fingerprint density at radius 1 is 1.05 bits per heavy atom. The first-order chi connectivity index (χ1) is 20.6.